The van der Waals surface area contributed by atoms with E-state index >= 15 is 0 Å². The molecule has 0 saturated carbocycles. The van der Waals surface area contributed by atoms with Crippen LogP contribution in [-0.4, -0.2) is 19.7 Å². The first-order valence-corrected chi connectivity index (χ1v) is 3.77. The quantitative estimate of drug-likeness (QED) is 0.714. The van der Waals surface area contributed by atoms with Crippen LogP contribution in [0, 0.1) is 0 Å². The molecule has 0 fully saturated rings. The van der Waals surface area contributed by atoms with Crippen LogP contribution in [0.1, 0.15) is 5.56 Å². The summed E-state index contributed by atoms with van der Waals surface area (Å²) in [5.74, 6) is 0. The summed E-state index contributed by atoms with van der Waals surface area (Å²) in [5.41, 5.74) is 1.34. The average molecular weight is 184 g/mol. The van der Waals surface area contributed by atoms with Crippen LogP contribution in [0.3, 0.4) is 0 Å². The fraction of sp³-hybridized carbons (Fsp3) is 0.143. The standard InChI is InChI=1S/C7H6ClN3O/c8-6-2-9-7-5(4-12)1-10-11(7)3-6/h1-3,12H,4H2. The molecule has 2 aromatic heterocycles. The summed E-state index contributed by atoms with van der Waals surface area (Å²) < 4.78 is 1.54. The second-order valence-corrected chi connectivity index (χ2v) is 2.80. The lowest BCUT2D eigenvalue weighted by Gasteiger charge is -1.93. The number of hydrogen-bond donors (Lipinski definition) is 1. The normalized spacial score (nSPS) is 10.8. The van der Waals surface area contributed by atoms with Gasteiger partial charge in [-0.05, 0) is 0 Å². The van der Waals surface area contributed by atoms with E-state index in [2.05, 4.69) is 10.1 Å². The van der Waals surface area contributed by atoms with E-state index in [1.807, 2.05) is 0 Å². The SMILES string of the molecule is OCc1cnn2cc(Cl)cnc12. The zero-order chi connectivity index (χ0) is 8.55. The van der Waals surface area contributed by atoms with Crippen LogP contribution in [0.5, 0.6) is 0 Å². The molecule has 0 radical (unpaired) electrons. The minimum atomic E-state index is -0.0574. The van der Waals surface area contributed by atoms with Gasteiger partial charge in [-0.15, -0.1) is 0 Å². The summed E-state index contributed by atoms with van der Waals surface area (Å²) in [4.78, 5) is 4.02. The van der Waals surface area contributed by atoms with Gasteiger partial charge >= 0.3 is 0 Å². The number of rotatable bonds is 1. The van der Waals surface area contributed by atoms with Gasteiger partial charge in [0.15, 0.2) is 5.65 Å². The minimum Gasteiger partial charge on any atom is -0.391 e. The molecule has 2 rings (SSSR count). The highest BCUT2D eigenvalue weighted by Gasteiger charge is 2.03. The Bertz CT molecular complexity index is 412. The van der Waals surface area contributed by atoms with Crippen LogP contribution >= 0.6 is 11.6 Å². The van der Waals surface area contributed by atoms with Gasteiger partial charge in [-0.3, -0.25) is 0 Å². The Labute approximate surface area is 73.4 Å². The zero-order valence-corrected chi connectivity index (χ0v) is 6.86. The number of nitrogens with zero attached hydrogens (tertiary/aromatic N) is 3. The van der Waals surface area contributed by atoms with Gasteiger partial charge in [-0.1, -0.05) is 11.6 Å². The Morgan fingerprint density at radius 2 is 2.33 bits per heavy atom. The molecule has 4 nitrogen and oxygen atoms in total. The molecular formula is C7H6ClN3O. The lowest BCUT2D eigenvalue weighted by atomic mass is 10.4. The molecule has 2 aromatic rings. The van der Waals surface area contributed by atoms with Crippen LogP contribution in [0.4, 0.5) is 0 Å². The van der Waals surface area contributed by atoms with Crippen molar-refractivity contribution >= 4 is 17.2 Å². The smallest absolute Gasteiger partial charge is 0.160 e. The van der Waals surface area contributed by atoms with Crippen molar-refractivity contribution in [2.45, 2.75) is 6.61 Å². The van der Waals surface area contributed by atoms with Crippen molar-refractivity contribution in [1.29, 1.82) is 0 Å². The first-order valence-electron chi connectivity index (χ1n) is 3.40. The Kier molecular flexibility index (Phi) is 1.71. The molecule has 1 N–H and O–H groups in total. The van der Waals surface area contributed by atoms with Gasteiger partial charge in [0.2, 0.25) is 0 Å². The summed E-state index contributed by atoms with van der Waals surface area (Å²) in [6.07, 6.45) is 4.74. The Balaban J connectivity index is 2.73. The van der Waals surface area contributed by atoms with Crippen molar-refractivity contribution in [3.63, 3.8) is 0 Å². The molecule has 0 spiro atoms. The molecule has 62 valence electrons. The van der Waals surface area contributed by atoms with Crippen molar-refractivity contribution in [1.82, 2.24) is 14.6 Å². The summed E-state index contributed by atoms with van der Waals surface area (Å²) >= 11 is 5.69. The molecule has 0 saturated heterocycles. The van der Waals surface area contributed by atoms with Gasteiger partial charge in [-0.2, -0.15) is 5.10 Å². The molecule has 2 heterocycles. The molecule has 0 atom stereocenters. The number of halogens is 1. The first-order chi connectivity index (χ1) is 5.81. The third kappa shape index (κ3) is 1.05. The molecule has 0 aliphatic heterocycles. The van der Waals surface area contributed by atoms with Gasteiger partial charge in [-0.25, -0.2) is 9.50 Å². The average Bonchev–Trinajstić information content (AvgIpc) is 2.46. The van der Waals surface area contributed by atoms with Crippen LogP contribution in [0.25, 0.3) is 5.65 Å². The van der Waals surface area contributed by atoms with Crippen LogP contribution in [0.15, 0.2) is 18.6 Å². The van der Waals surface area contributed by atoms with E-state index in [9.17, 15) is 0 Å². The summed E-state index contributed by atoms with van der Waals surface area (Å²) in [6, 6.07) is 0. The van der Waals surface area contributed by atoms with Crippen molar-refractivity contribution < 1.29 is 5.11 Å². The Morgan fingerprint density at radius 1 is 1.50 bits per heavy atom. The van der Waals surface area contributed by atoms with Crippen LogP contribution in [0.2, 0.25) is 5.02 Å². The predicted molar refractivity (Wildman–Crippen MR) is 43.9 cm³/mol. The van der Waals surface area contributed by atoms with Gasteiger partial charge in [0.1, 0.15) is 0 Å². The Morgan fingerprint density at radius 3 is 3.08 bits per heavy atom. The van der Waals surface area contributed by atoms with E-state index in [4.69, 9.17) is 16.7 Å². The first kappa shape index (κ1) is 7.52. The fourth-order valence-electron chi connectivity index (χ4n) is 1.01. The van der Waals surface area contributed by atoms with Crippen molar-refractivity contribution in [2.75, 3.05) is 0 Å². The minimum absolute atomic E-state index is 0.0574. The van der Waals surface area contributed by atoms with E-state index in [0.29, 0.717) is 16.2 Å². The lowest BCUT2D eigenvalue weighted by molar-refractivity contribution is 0.283. The molecule has 0 aromatic carbocycles. The topological polar surface area (TPSA) is 50.4 Å². The van der Waals surface area contributed by atoms with Gasteiger partial charge < -0.3 is 5.11 Å². The van der Waals surface area contributed by atoms with E-state index in [-0.39, 0.29) is 6.61 Å². The highest BCUT2D eigenvalue weighted by atomic mass is 35.5. The number of aliphatic hydroxyl groups excluding tert-OH is 1. The molecule has 5 heteroatoms. The maximum absolute atomic E-state index is 8.87. The highest BCUT2D eigenvalue weighted by Crippen LogP contribution is 2.11. The number of aromatic nitrogens is 3. The second-order valence-electron chi connectivity index (χ2n) is 2.37. The molecule has 0 amide bonds. The van der Waals surface area contributed by atoms with Crippen LogP contribution in [-0.2, 0) is 6.61 Å². The van der Waals surface area contributed by atoms with Gasteiger partial charge in [0, 0.05) is 11.8 Å². The van der Waals surface area contributed by atoms with E-state index < -0.39 is 0 Å². The molecule has 0 unspecified atom stereocenters. The van der Waals surface area contributed by atoms with Crippen molar-refractivity contribution in [3.8, 4) is 0 Å². The number of hydrogen-bond acceptors (Lipinski definition) is 3. The third-order valence-corrected chi connectivity index (χ3v) is 1.76. The monoisotopic (exact) mass is 183 g/mol. The van der Waals surface area contributed by atoms with E-state index in [1.54, 1.807) is 12.4 Å². The lowest BCUT2D eigenvalue weighted by Crippen LogP contribution is -1.90. The Hall–Kier alpha value is -1.13. The molecule has 0 aliphatic carbocycles. The maximum atomic E-state index is 8.87. The van der Waals surface area contributed by atoms with Gasteiger partial charge in [0.25, 0.3) is 0 Å². The summed E-state index contributed by atoms with van der Waals surface area (Å²) in [6.45, 7) is -0.0574. The number of fused-ring (bicyclic) bond motifs is 1. The summed E-state index contributed by atoms with van der Waals surface area (Å²) in [7, 11) is 0. The molecule has 0 aliphatic rings. The predicted octanol–water partition coefficient (Wildman–Crippen LogP) is 0.875. The number of aliphatic hydroxyl groups is 1. The highest BCUT2D eigenvalue weighted by molar-refractivity contribution is 6.30. The fourth-order valence-corrected chi connectivity index (χ4v) is 1.15. The molecule has 0 bridgehead atoms. The van der Waals surface area contributed by atoms with Crippen molar-refractivity contribution in [3.05, 3.63) is 29.2 Å². The van der Waals surface area contributed by atoms with E-state index in [0.717, 1.165) is 0 Å². The summed E-state index contributed by atoms with van der Waals surface area (Å²) in [5, 5.41) is 13.4. The largest absolute Gasteiger partial charge is 0.391 e. The third-order valence-electron chi connectivity index (χ3n) is 1.57. The second kappa shape index (κ2) is 2.73. The zero-order valence-electron chi connectivity index (χ0n) is 6.11. The van der Waals surface area contributed by atoms with Crippen LogP contribution < -0.4 is 0 Å². The van der Waals surface area contributed by atoms with Gasteiger partial charge in [0.05, 0.1) is 24.0 Å². The maximum Gasteiger partial charge on any atom is 0.160 e. The van der Waals surface area contributed by atoms with E-state index in [1.165, 1.54) is 10.7 Å². The molecular weight excluding hydrogens is 178 g/mol. The molecule has 12 heavy (non-hydrogen) atoms. The van der Waals surface area contributed by atoms with Crippen molar-refractivity contribution in [2.24, 2.45) is 0 Å².